The van der Waals surface area contributed by atoms with Crippen molar-refractivity contribution in [3.05, 3.63) is 29.6 Å². The maximum atomic E-state index is 13.2. The van der Waals surface area contributed by atoms with Gasteiger partial charge in [0.05, 0.1) is 7.11 Å². The molecule has 4 nitrogen and oxygen atoms in total. The van der Waals surface area contributed by atoms with Crippen LogP contribution in [0.2, 0.25) is 0 Å². The third-order valence-corrected chi connectivity index (χ3v) is 2.77. The van der Waals surface area contributed by atoms with Gasteiger partial charge in [-0.1, -0.05) is 0 Å². The van der Waals surface area contributed by atoms with Crippen LogP contribution in [0, 0.1) is 5.82 Å². The van der Waals surface area contributed by atoms with Crippen LogP contribution < -0.4 is 10.1 Å². The van der Waals surface area contributed by atoms with Gasteiger partial charge in [-0.2, -0.15) is 0 Å². The normalized spacial score (nSPS) is 12.8. The molecule has 0 spiro atoms. The average molecular weight is 257 g/mol. The van der Waals surface area contributed by atoms with Crippen molar-refractivity contribution < 1.29 is 18.6 Å². The van der Waals surface area contributed by atoms with Crippen molar-refractivity contribution in [2.45, 2.75) is 19.3 Å². The lowest BCUT2D eigenvalue weighted by Gasteiger charge is -2.20. The maximum Gasteiger partial charge on any atom is 0.169 e. The van der Waals surface area contributed by atoms with Crippen LogP contribution in [0.4, 0.5) is 4.39 Å². The van der Waals surface area contributed by atoms with Gasteiger partial charge in [0.1, 0.15) is 11.6 Å². The van der Waals surface area contributed by atoms with Gasteiger partial charge in [-0.3, -0.25) is 0 Å². The molecule has 0 saturated heterocycles. The van der Waals surface area contributed by atoms with Crippen LogP contribution in [0.1, 0.15) is 18.5 Å². The van der Waals surface area contributed by atoms with E-state index in [1.807, 2.05) is 6.92 Å². The summed E-state index contributed by atoms with van der Waals surface area (Å²) in [7, 11) is 4.71. The zero-order chi connectivity index (χ0) is 13.5. The zero-order valence-corrected chi connectivity index (χ0v) is 11.2. The van der Waals surface area contributed by atoms with Crippen LogP contribution in [-0.4, -0.2) is 34.2 Å². The van der Waals surface area contributed by atoms with E-state index in [4.69, 9.17) is 14.2 Å². The van der Waals surface area contributed by atoms with E-state index in [1.165, 1.54) is 12.1 Å². The molecule has 0 aliphatic rings. The number of methoxy groups -OCH3 is 3. The highest BCUT2D eigenvalue weighted by Crippen LogP contribution is 2.25. The van der Waals surface area contributed by atoms with E-state index in [2.05, 4.69) is 5.32 Å². The Balaban J connectivity index is 2.71. The first-order valence-electron chi connectivity index (χ1n) is 5.74. The lowest BCUT2D eigenvalue weighted by atomic mass is 10.1. The van der Waals surface area contributed by atoms with E-state index < -0.39 is 0 Å². The van der Waals surface area contributed by atoms with E-state index in [0.29, 0.717) is 12.3 Å². The Morgan fingerprint density at radius 2 is 1.89 bits per heavy atom. The predicted molar refractivity (Wildman–Crippen MR) is 67.2 cm³/mol. The Bertz CT molecular complexity index is 369. The molecular weight excluding hydrogens is 237 g/mol. The summed E-state index contributed by atoms with van der Waals surface area (Å²) in [6.07, 6.45) is -0.327. The van der Waals surface area contributed by atoms with Crippen molar-refractivity contribution >= 4 is 0 Å². The van der Waals surface area contributed by atoms with Crippen LogP contribution >= 0.6 is 0 Å². The molecule has 1 aromatic rings. The van der Waals surface area contributed by atoms with Gasteiger partial charge in [0.2, 0.25) is 0 Å². The average Bonchev–Trinajstić information content (AvgIpc) is 2.39. The molecule has 0 aliphatic heterocycles. The van der Waals surface area contributed by atoms with Crippen molar-refractivity contribution in [1.29, 1.82) is 0 Å². The SMILES string of the molecule is COc1ccc(F)cc1C(C)NCC(OC)OC. The summed E-state index contributed by atoms with van der Waals surface area (Å²) in [5.74, 6) is 0.372. The summed E-state index contributed by atoms with van der Waals surface area (Å²) in [5, 5.41) is 3.21. The van der Waals surface area contributed by atoms with E-state index in [1.54, 1.807) is 27.4 Å². The van der Waals surface area contributed by atoms with Gasteiger partial charge >= 0.3 is 0 Å². The molecule has 0 bridgehead atoms. The Morgan fingerprint density at radius 3 is 2.44 bits per heavy atom. The summed E-state index contributed by atoms with van der Waals surface area (Å²) in [5.41, 5.74) is 0.767. The van der Waals surface area contributed by atoms with Crippen molar-refractivity contribution in [3.8, 4) is 5.75 Å². The summed E-state index contributed by atoms with van der Waals surface area (Å²) < 4.78 is 28.6. The molecule has 1 N–H and O–H groups in total. The number of halogens is 1. The lowest BCUT2D eigenvalue weighted by Crippen LogP contribution is -2.31. The second-order valence-corrected chi connectivity index (χ2v) is 3.92. The minimum absolute atomic E-state index is 0.0663. The molecule has 1 atom stereocenters. The van der Waals surface area contributed by atoms with Crippen molar-refractivity contribution in [3.63, 3.8) is 0 Å². The molecule has 1 rings (SSSR count). The second-order valence-electron chi connectivity index (χ2n) is 3.92. The van der Waals surface area contributed by atoms with Crippen LogP contribution in [-0.2, 0) is 9.47 Å². The fourth-order valence-corrected chi connectivity index (χ4v) is 1.69. The van der Waals surface area contributed by atoms with Gasteiger partial charge in [-0.05, 0) is 25.1 Å². The van der Waals surface area contributed by atoms with Gasteiger partial charge in [0.15, 0.2) is 6.29 Å². The Labute approximate surface area is 107 Å². The number of rotatable bonds is 7. The van der Waals surface area contributed by atoms with E-state index in [-0.39, 0.29) is 18.1 Å². The number of hydrogen-bond acceptors (Lipinski definition) is 4. The number of hydrogen-bond donors (Lipinski definition) is 1. The topological polar surface area (TPSA) is 39.7 Å². The van der Waals surface area contributed by atoms with E-state index in [0.717, 1.165) is 5.56 Å². The second kappa shape index (κ2) is 7.31. The van der Waals surface area contributed by atoms with E-state index >= 15 is 0 Å². The molecule has 18 heavy (non-hydrogen) atoms. The highest BCUT2D eigenvalue weighted by Gasteiger charge is 2.14. The lowest BCUT2D eigenvalue weighted by molar-refractivity contribution is -0.0997. The molecule has 0 aromatic heterocycles. The summed E-state index contributed by atoms with van der Waals surface area (Å²) in [6, 6.07) is 4.39. The van der Waals surface area contributed by atoms with Crippen LogP contribution in [0.3, 0.4) is 0 Å². The van der Waals surface area contributed by atoms with Crippen LogP contribution in [0.5, 0.6) is 5.75 Å². The Morgan fingerprint density at radius 1 is 1.22 bits per heavy atom. The number of benzene rings is 1. The van der Waals surface area contributed by atoms with Gasteiger partial charge in [0, 0.05) is 32.4 Å². The summed E-state index contributed by atoms with van der Waals surface area (Å²) >= 11 is 0. The number of ether oxygens (including phenoxy) is 3. The highest BCUT2D eigenvalue weighted by atomic mass is 19.1. The fourth-order valence-electron chi connectivity index (χ4n) is 1.69. The largest absolute Gasteiger partial charge is 0.496 e. The smallest absolute Gasteiger partial charge is 0.169 e. The van der Waals surface area contributed by atoms with Gasteiger partial charge in [0.25, 0.3) is 0 Å². The molecule has 0 saturated carbocycles. The molecular formula is C13H20FNO3. The van der Waals surface area contributed by atoms with Crippen LogP contribution in [0.25, 0.3) is 0 Å². The van der Waals surface area contributed by atoms with Gasteiger partial charge < -0.3 is 19.5 Å². The van der Waals surface area contributed by atoms with Crippen LogP contribution in [0.15, 0.2) is 18.2 Å². The first-order valence-corrected chi connectivity index (χ1v) is 5.74. The predicted octanol–water partition coefficient (Wildman–Crippen LogP) is 2.10. The Hall–Kier alpha value is -1.17. The highest BCUT2D eigenvalue weighted by molar-refractivity contribution is 5.36. The summed E-state index contributed by atoms with van der Waals surface area (Å²) in [4.78, 5) is 0. The summed E-state index contributed by atoms with van der Waals surface area (Å²) in [6.45, 7) is 2.44. The van der Waals surface area contributed by atoms with Gasteiger partial charge in [-0.25, -0.2) is 4.39 Å². The molecule has 0 fully saturated rings. The maximum absolute atomic E-state index is 13.2. The molecule has 1 unspecified atom stereocenters. The molecule has 0 radical (unpaired) electrons. The Kier molecular flexibility index (Phi) is 6.04. The minimum Gasteiger partial charge on any atom is -0.496 e. The first-order chi connectivity index (χ1) is 8.62. The first kappa shape index (κ1) is 14.9. The zero-order valence-electron chi connectivity index (χ0n) is 11.2. The molecule has 0 heterocycles. The van der Waals surface area contributed by atoms with Gasteiger partial charge in [-0.15, -0.1) is 0 Å². The quantitative estimate of drug-likeness (QED) is 0.759. The standard InChI is InChI=1S/C13H20FNO3/c1-9(15-8-13(17-3)18-4)11-7-10(14)5-6-12(11)16-2/h5-7,9,13,15H,8H2,1-4H3. The fraction of sp³-hybridized carbons (Fsp3) is 0.538. The van der Waals surface area contributed by atoms with Crippen molar-refractivity contribution in [1.82, 2.24) is 5.32 Å². The minimum atomic E-state index is -0.327. The number of nitrogens with one attached hydrogen (secondary N) is 1. The molecule has 0 aliphatic carbocycles. The molecule has 5 heteroatoms. The van der Waals surface area contributed by atoms with E-state index in [9.17, 15) is 4.39 Å². The molecule has 0 amide bonds. The van der Waals surface area contributed by atoms with Crippen molar-refractivity contribution in [2.24, 2.45) is 0 Å². The molecule has 102 valence electrons. The monoisotopic (exact) mass is 257 g/mol. The molecule has 1 aromatic carbocycles. The van der Waals surface area contributed by atoms with Crippen molar-refractivity contribution in [2.75, 3.05) is 27.9 Å². The third kappa shape index (κ3) is 3.94. The third-order valence-electron chi connectivity index (χ3n) is 2.77.